The van der Waals surface area contributed by atoms with Crippen LogP contribution in [0.3, 0.4) is 0 Å². The third-order valence-electron chi connectivity index (χ3n) is 6.84. The summed E-state index contributed by atoms with van der Waals surface area (Å²) in [4.78, 5) is 18.6. The summed E-state index contributed by atoms with van der Waals surface area (Å²) in [5.74, 6) is 0.806. The number of nitrogens with zero attached hydrogens (tertiary/aromatic N) is 4. The van der Waals surface area contributed by atoms with E-state index in [1.807, 2.05) is 19.1 Å². The van der Waals surface area contributed by atoms with Gasteiger partial charge in [0.25, 0.3) is 10.0 Å². The normalized spacial score (nSPS) is 17.9. The molecule has 1 aromatic carbocycles. The first-order valence-corrected chi connectivity index (χ1v) is 14.5. The zero-order valence-corrected chi connectivity index (χ0v) is 22.9. The lowest BCUT2D eigenvalue weighted by atomic mass is 9.92. The maximum absolute atomic E-state index is 12.8. The lowest BCUT2D eigenvalue weighted by molar-refractivity contribution is 0.410. The molecule has 5 rings (SSSR count). The summed E-state index contributed by atoms with van der Waals surface area (Å²) in [6.07, 6.45) is 6.54. The Bertz CT molecular complexity index is 1590. The molecule has 0 bridgehead atoms. The van der Waals surface area contributed by atoms with Gasteiger partial charge < -0.3 is 11.1 Å². The molecule has 198 valence electrons. The van der Waals surface area contributed by atoms with E-state index in [0.29, 0.717) is 23.2 Å². The first kappa shape index (κ1) is 26.3. The van der Waals surface area contributed by atoms with Crippen LogP contribution >= 0.6 is 11.6 Å². The molecule has 1 saturated carbocycles. The minimum atomic E-state index is -3.88. The van der Waals surface area contributed by atoms with Crippen LogP contribution in [0.5, 0.6) is 0 Å². The van der Waals surface area contributed by atoms with E-state index in [1.165, 1.54) is 12.1 Å². The lowest BCUT2D eigenvalue weighted by Gasteiger charge is -2.26. The highest BCUT2D eigenvalue weighted by Gasteiger charge is 2.21. The average molecular weight is 552 g/mol. The summed E-state index contributed by atoms with van der Waals surface area (Å²) in [6.45, 7) is 3.90. The average Bonchev–Trinajstić information content (AvgIpc) is 2.89. The number of fused-ring (bicyclic) bond motifs is 1. The first-order chi connectivity index (χ1) is 18.2. The zero-order chi connectivity index (χ0) is 26.9. The Hall–Kier alpha value is -3.34. The van der Waals surface area contributed by atoms with Crippen molar-refractivity contribution in [2.45, 2.75) is 62.9 Å². The molecule has 4 aromatic rings. The topological polar surface area (TPSA) is 136 Å². The smallest absolute Gasteiger partial charge is 0.264 e. The van der Waals surface area contributed by atoms with Gasteiger partial charge in [0.2, 0.25) is 5.95 Å². The van der Waals surface area contributed by atoms with E-state index in [0.717, 1.165) is 54.4 Å². The Morgan fingerprint density at radius 2 is 1.82 bits per heavy atom. The predicted molar refractivity (Wildman–Crippen MR) is 151 cm³/mol. The molecule has 38 heavy (non-hydrogen) atoms. The van der Waals surface area contributed by atoms with Gasteiger partial charge in [-0.1, -0.05) is 30.7 Å². The van der Waals surface area contributed by atoms with Crippen molar-refractivity contribution >= 4 is 44.4 Å². The molecule has 1 fully saturated rings. The maximum Gasteiger partial charge on any atom is 0.264 e. The lowest BCUT2D eigenvalue weighted by Crippen LogP contribution is -2.33. The maximum atomic E-state index is 12.8. The van der Waals surface area contributed by atoms with Crippen molar-refractivity contribution in [2.75, 3.05) is 10.0 Å². The first-order valence-electron chi connectivity index (χ1n) is 12.7. The quantitative estimate of drug-likeness (QED) is 0.289. The highest BCUT2D eigenvalue weighted by atomic mass is 35.5. The van der Waals surface area contributed by atoms with Gasteiger partial charge in [-0.05, 0) is 74.9 Å². The molecule has 0 atom stereocenters. The van der Waals surface area contributed by atoms with Gasteiger partial charge in [0.05, 0.1) is 22.4 Å². The number of rotatable bonds is 7. The summed E-state index contributed by atoms with van der Waals surface area (Å²) in [6, 6.07) is 12.3. The summed E-state index contributed by atoms with van der Waals surface area (Å²) in [7, 11) is -3.88. The molecule has 4 N–H and O–H groups in total. The van der Waals surface area contributed by atoms with Crippen molar-refractivity contribution in [3.63, 3.8) is 0 Å². The molecule has 0 aliphatic heterocycles. The van der Waals surface area contributed by atoms with E-state index in [9.17, 15) is 8.42 Å². The summed E-state index contributed by atoms with van der Waals surface area (Å²) in [5.41, 5.74) is 10.7. The molecular formula is C27H30ClN7O2S. The van der Waals surface area contributed by atoms with E-state index >= 15 is 0 Å². The van der Waals surface area contributed by atoms with Crippen molar-refractivity contribution in [3.8, 4) is 11.3 Å². The van der Waals surface area contributed by atoms with Crippen LogP contribution in [-0.4, -0.2) is 40.4 Å². The molecule has 0 radical (unpaired) electrons. The molecule has 3 aromatic heterocycles. The Labute approximate surface area is 227 Å². The fourth-order valence-electron chi connectivity index (χ4n) is 4.76. The number of pyridine rings is 2. The van der Waals surface area contributed by atoms with E-state index in [1.54, 1.807) is 24.4 Å². The van der Waals surface area contributed by atoms with Crippen LogP contribution < -0.4 is 15.8 Å². The largest absolute Gasteiger partial charge is 0.351 e. The molecule has 0 unspecified atom stereocenters. The highest BCUT2D eigenvalue weighted by molar-refractivity contribution is 7.92. The van der Waals surface area contributed by atoms with Crippen molar-refractivity contribution in [1.29, 1.82) is 0 Å². The second-order valence-electron chi connectivity index (χ2n) is 9.57. The summed E-state index contributed by atoms with van der Waals surface area (Å²) in [5, 5.41) is 3.60. The van der Waals surface area contributed by atoms with Crippen molar-refractivity contribution in [2.24, 2.45) is 5.73 Å². The van der Waals surface area contributed by atoms with Crippen molar-refractivity contribution in [3.05, 3.63) is 64.9 Å². The molecule has 0 amide bonds. The van der Waals surface area contributed by atoms with Crippen LogP contribution in [0.4, 0.5) is 11.8 Å². The fraction of sp³-hybridized carbons (Fsp3) is 0.333. The minimum Gasteiger partial charge on any atom is -0.351 e. The van der Waals surface area contributed by atoms with Gasteiger partial charge in [-0.15, -0.1) is 0 Å². The number of hydrogen-bond donors (Lipinski definition) is 3. The molecular weight excluding hydrogens is 522 g/mol. The number of halogens is 1. The van der Waals surface area contributed by atoms with Crippen LogP contribution in [0.15, 0.2) is 53.6 Å². The Morgan fingerprint density at radius 1 is 1.05 bits per heavy atom. The number of aryl methyl sites for hydroxylation is 2. The van der Waals surface area contributed by atoms with Gasteiger partial charge in [-0.3, -0.25) is 4.72 Å². The van der Waals surface area contributed by atoms with E-state index in [2.05, 4.69) is 26.9 Å². The molecule has 1 aliphatic carbocycles. The second-order valence-corrected chi connectivity index (χ2v) is 11.6. The molecule has 0 spiro atoms. The van der Waals surface area contributed by atoms with Crippen molar-refractivity contribution < 1.29 is 8.42 Å². The summed E-state index contributed by atoms with van der Waals surface area (Å²) < 4.78 is 28.1. The van der Waals surface area contributed by atoms with Crippen LogP contribution in [0.25, 0.3) is 22.3 Å². The van der Waals surface area contributed by atoms with Gasteiger partial charge in [-0.25, -0.2) is 28.4 Å². The van der Waals surface area contributed by atoms with Crippen LogP contribution in [-0.2, 0) is 16.4 Å². The number of sulfonamides is 1. The van der Waals surface area contributed by atoms with Crippen molar-refractivity contribution in [1.82, 2.24) is 19.9 Å². The minimum absolute atomic E-state index is 0.00472. The number of nitrogens with two attached hydrogens (primary N) is 1. The van der Waals surface area contributed by atoms with Gasteiger partial charge in [-0.2, -0.15) is 0 Å². The number of hydrogen-bond acceptors (Lipinski definition) is 8. The van der Waals surface area contributed by atoms with Gasteiger partial charge in [0.15, 0.2) is 0 Å². The number of aromatic nitrogens is 4. The number of benzene rings is 1. The second kappa shape index (κ2) is 10.8. The van der Waals surface area contributed by atoms with E-state index < -0.39 is 10.0 Å². The molecule has 9 nitrogen and oxygen atoms in total. The van der Waals surface area contributed by atoms with Crippen LogP contribution in [0.1, 0.15) is 43.9 Å². The van der Waals surface area contributed by atoms with Crippen LogP contribution in [0.2, 0.25) is 5.02 Å². The third kappa shape index (κ3) is 5.57. The van der Waals surface area contributed by atoms with E-state index in [-0.39, 0.29) is 21.8 Å². The standard InChI is InChI=1S/C27H30ClN7O2S/c1-3-17-14-22(33-23-15-30-27(34-26(17)23)32-19-10-8-18(29)9-11-19)20-12-13-25(31-16(20)2)35-38(36,37)24-7-5-4-6-21(24)28/h4-7,12-15,18-19H,3,8-11,29H2,1-2H3,(H,31,35)(H,30,32,34). The molecule has 11 heteroatoms. The van der Waals surface area contributed by atoms with Gasteiger partial charge in [0.1, 0.15) is 16.2 Å². The van der Waals surface area contributed by atoms with E-state index in [4.69, 9.17) is 27.3 Å². The molecule has 0 saturated heterocycles. The third-order valence-corrected chi connectivity index (χ3v) is 8.69. The summed E-state index contributed by atoms with van der Waals surface area (Å²) >= 11 is 6.08. The number of nitrogens with one attached hydrogen (secondary N) is 2. The number of anilines is 2. The highest BCUT2D eigenvalue weighted by Crippen LogP contribution is 2.29. The predicted octanol–water partition coefficient (Wildman–Crippen LogP) is 5.09. The van der Waals surface area contributed by atoms with Gasteiger partial charge >= 0.3 is 0 Å². The Morgan fingerprint density at radius 3 is 2.53 bits per heavy atom. The Kier molecular flexibility index (Phi) is 7.47. The zero-order valence-electron chi connectivity index (χ0n) is 21.3. The fourth-order valence-corrected chi connectivity index (χ4v) is 6.28. The van der Waals surface area contributed by atoms with Gasteiger partial charge in [0, 0.05) is 23.3 Å². The van der Waals surface area contributed by atoms with Crippen LogP contribution in [0, 0.1) is 6.92 Å². The Balaban J connectivity index is 1.41. The molecule has 3 heterocycles. The molecule has 1 aliphatic rings. The monoisotopic (exact) mass is 551 g/mol. The SMILES string of the molecule is CCc1cc(-c2ccc(NS(=O)(=O)c3ccccc3Cl)nc2C)nc2cnc(NC3CCC(N)CC3)nc12.